The van der Waals surface area contributed by atoms with Crippen molar-refractivity contribution in [2.45, 2.75) is 11.4 Å². The van der Waals surface area contributed by atoms with Crippen LogP contribution < -0.4 is 5.32 Å². The van der Waals surface area contributed by atoms with Gasteiger partial charge in [0.2, 0.25) is 0 Å². The molecular formula is C8H11Cl2NO4S. The summed E-state index contributed by atoms with van der Waals surface area (Å²) in [6, 6.07) is -0.540. The summed E-state index contributed by atoms with van der Waals surface area (Å²) >= 11 is 11.0. The number of amides is 1. The van der Waals surface area contributed by atoms with Gasteiger partial charge in [-0.1, -0.05) is 0 Å². The Labute approximate surface area is 104 Å². The van der Waals surface area contributed by atoms with Crippen LogP contribution in [0.5, 0.6) is 0 Å². The number of rotatable bonds is 4. The lowest BCUT2D eigenvalue weighted by Crippen LogP contribution is -2.36. The zero-order valence-corrected chi connectivity index (χ0v) is 10.6. The van der Waals surface area contributed by atoms with Gasteiger partial charge in [-0.3, -0.25) is 0 Å². The van der Waals surface area contributed by atoms with Gasteiger partial charge in [-0.05, 0) is 6.08 Å². The van der Waals surface area contributed by atoms with Crippen LogP contribution in [0.15, 0.2) is 11.5 Å². The number of carbonyl (C=O) groups excluding carboxylic acids is 1. The summed E-state index contributed by atoms with van der Waals surface area (Å²) in [5, 5.41) is 3.01. The van der Waals surface area contributed by atoms with Crippen molar-refractivity contribution in [2.24, 2.45) is 0 Å². The van der Waals surface area contributed by atoms with Crippen molar-refractivity contribution >= 4 is 39.1 Å². The SMILES string of the molecule is O=C(N[C@@H]1C=CS(=O)(=O)C1)OC[C@@H](Cl)CCl. The quantitative estimate of drug-likeness (QED) is 0.779. The molecule has 1 rings (SSSR count). The molecule has 0 fully saturated rings. The van der Waals surface area contributed by atoms with Crippen LogP contribution >= 0.6 is 23.2 Å². The lowest BCUT2D eigenvalue weighted by atomic mass is 10.3. The molecule has 0 aromatic rings. The Bertz CT molecular complexity index is 381. The van der Waals surface area contributed by atoms with Crippen molar-refractivity contribution < 1.29 is 17.9 Å². The van der Waals surface area contributed by atoms with E-state index < -0.39 is 27.3 Å². The van der Waals surface area contributed by atoms with Gasteiger partial charge in [0.05, 0.1) is 17.2 Å². The third-order valence-electron chi connectivity index (χ3n) is 1.80. The first-order valence-electron chi connectivity index (χ1n) is 4.47. The molecule has 0 saturated heterocycles. The van der Waals surface area contributed by atoms with E-state index in [9.17, 15) is 13.2 Å². The number of hydrogen-bond acceptors (Lipinski definition) is 4. The number of ether oxygens (including phenoxy) is 1. The van der Waals surface area contributed by atoms with E-state index in [4.69, 9.17) is 27.9 Å². The van der Waals surface area contributed by atoms with Crippen molar-refractivity contribution in [1.82, 2.24) is 5.32 Å². The predicted molar refractivity (Wildman–Crippen MR) is 61.6 cm³/mol. The van der Waals surface area contributed by atoms with Crippen LogP contribution in [-0.4, -0.2) is 44.2 Å². The van der Waals surface area contributed by atoms with Gasteiger partial charge in [0.25, 0.3) is 0 Å². The van der Waals surface area contributed by atoms with E-state index in [1.165, 1.54) is 6.08 Å². The highest BCUT2D eigenvalue weighted by atomic mass is 35.5. The Kier molecular flexibility index (Phi) is 4.89. The topological polar surface area (TPSA) is 72.5 Å². The Hall–Kier alpha value is -0.460. The first kappa shape index (κ1) is 13.6. The highest BCUT2D eigenvalue weighted by Crippen LogP contribution is 2.08. The minimum absolute atomic E-state index is 0.0138. The van der Waals surface area contributed by atoms with E-state index in [1.807, 2.05) is 0 Å². The largest absolute Gasteiger partial charge is 0.448 e. The minimum atomic E-state index is -3.18. The number of hydrogen-bond donors (Lipinski definition) is 1. The average Bonchev–Trinajstić information content (AvgIpc) is 2.54. The van der Waals surface area contributed by atoms with Crippen LogP contribution in [0.3, 0.4) is 0 Å². The van der Waals surface area contributed by atoms with Crippen LogP contribution in [0.2, 0.25) is 0 Å². The summed E-state index contributed by atoms with van der Waals surface area (Å²) in [6.07, 6.45) is 0.693. The maximum absolute atomic E-state index is 11.2. The van der Waals surface area contributed by atoms with E-state index in [-0.39, 0.29) is 18.2 Å². The molecule has 0 aliphatic carbocycles. The maximum atomic E-state index is 11.2. The summed E-state index contributed by atoms with van der Waals surface area (Å²) in [5.41, 5.74) is 0. The Morgan fingerprint density at radius 3 is 2.81 bits per heavy atom. The summed E-state index contributed by atoms with van der Waals surface area (Å²) in [4.78, 5) is 11.2. The molecule has 0 radical (unpaired) electrons. The Balaban J connectivity index is 2.29. The molecule has 1 heterocycles. The monoisotopic (exact) mass is 287 g/mol. The Morgan fingerprint density at radius 1 is 1.62 bits per heavy atom. The summed E-state index contributed by atoms with van der Waals surface area (Å²) in [7, 11) is -3.18. The van der Waals surface area contributed by atoms with E-state index >= 15 is 0 Å². The standard InChI is InChI=1S/C8H11Cl2NO4S/c9-3-6(10)4-15-8(12)11-7-1-2-16(13,14)5-7/h1-2,6-7H,3-5H2,(H,11,12)/t6-,7+/m0/s1. The average molecular weight is 288 g/mol. The van der Waals surface area contributed by atoms with Crippen LogP contribution in [-0.2, 0) is 14.6 Å². The molecule has 1 aliphatic rings. The summed E-state index contributed by atoms with van der Waals surface area (Å²) in [5.74, 6) is 0.0362. The molecule has 1 amide bonds. The van der Waals surface area contributed by atoms with Crippen LogP contribution in [0, 0.1) is 0 Å². The van der Waals surface area contributed by atoms with E-state index in [2.05, 4.69) is 5.32 Å². The molecule has 0 saturated carbocycles. The fourth-order valence-corrected chi connectivity index (χ4v) is 2.46. The number of alkyl halides is 2. The summed E-state index contributed by atoms with van der Waals surface area (Å²) in [6.45, 7) is -0.0138. The second-order valence-corrected chi connectivity index (χ2v) is 6.12. The third-order valence-corrected chi connectivity index (χ3v) is 4.00. The number of sulfone groups is 1. The van der Waals surface area contributed by atoms with Gasteiger partial charge < -0.3 is 10.1 Å². The lowest BCUT2D eigenvalue weighted by Gasteiger charge is -2.11. The highest BCUT2D eigenvalue weighted by Gasteiger charge is 2.23. The van der Waals surface area contributed by atoms with Crippen molar-refractivity contribution in [3.63, 3.8) is 0 Å². The third kappa shape index (κ3) is 4.59. The molecule has 0 unspecified atom stereocenters. The highest BCUT2D eigenvalue weighted by molar-refractivity contribution is 7.94. The molecular weight excluding hydrogens is 277 g/mol. The van der Waals surface area contributed by atoms with Crippen LogP contribution in [0.4, 0.5) is 4.79 Å². The minimum Gasteiger partial charge on any atom is -0.448 e. The fraction of sp³-hybridized carbons (Fsp3) is 0.625. The molecule has 16 heavy (non-hydrogen) atoms. The van der Waals surface area contributed by atoms with Gasteiger partial charge in [0.1, 0.15) is 6.61 Å². The second-order valence-electron chi connectivity index (χ2n) is 3.26. The predicted octanol–water partition coefficient (Wildman–Crippen LogP) is 0.869. The first-order chi connectivity index (χ1) is 7.43. The fourth-order valence-electron chi connectivity index (χ4n) is 1.07. The molecule has 5 nitrogen and oxygen atoms in total. The second kappa shape index (κ2) is 5.75. The molecule has 1 aliphatic heterocycles. The van der Waals surface area contributed by atoms with Gasteiger partial charge in [-0.25, -0.2) is 13.2 Å². The molecule has 0 aromatic carbocycles. The van der Waals surface area contributed by atoms with E-state index in [1.54, 1.807) is 0 Å². The number of nitrogens with one attached hydrogen (secondary N) is 1. The van der Waals surface area contributed by atoms with Crippen molar-refractivity contribution in [3.05, 3.63) is 11.5 Å². The molecule has 0 aromatic heterocycles. The number of carbonyl (C=O) groups is 1. The van der Waals surface area contributed by atoms with Crippen molar-refractivity contribution in [2.75, 3.05) is 18.2 Å². The molecule has 2 atom stereocenters. The molecule has 8 heteroatoms. The van der Waals surface area contributed by atoms with Crippen LogP contribution in [0.1, 0.15) is 0 Å². The molecule has 0 spiro atoms. The van der Waals surface area contributed by atoms with Crippen LogP contribution in [0.25, 0.3) is 0 Å². The molecule has 92 valence electrons. The first-order valence-corrected chi connectivity index (χ1v) is 7.16. The number of alkyl carbamates (subject to hydrolysis) is 1. The van der Waals surface area contributed by atoms with Gasteiger partial charge in [-0.15, -0.1) is 23.2 Å². The van der Waals surface area contributed by atoms with Gasteiger partial charge >= 0.3 is 6.09 Å². The maximum Gasteiger partial charge on any atom is 0.407 e. The van der Waals surface area contributed by atoms with E-state index in [0.717, 1.165) is 5.41 Å². The zero-order chi connectivity index (χ0) is 12.2. The van der Waals surface area contributed by atoms with Gasteiger partial charge in [0.15, 0.2) is 9.84 Å². The Morgan fingerprint density at radius 2 is 2.31 bits per heavy atom. The molecule has 1 N–H and O–H groups in total. The lowest BCUT2D eigenvalue weighted by molar-refractivity contribution is 0.146. The van der Waals surface area contributed by atoms with Gasteiger partial charge in [-0.2, -0.15) is 0 Å². The van der Waals surface area contributed by atoms with E-state index in [0.29, 0.717) is 0 Å². The number of halogens is 2. The molecule has 0 bridgehead atoms. The normalized spacial score (nSPS) is 24.0. The van der Waals surface area contributed by atoms with Gasteiger partial charge in [0, 0.05) is 11.3 Å². The smallest absolute Gasteiger partial charge is 0.407 e. The van der Waals surface area contributed by atoms with Crippen molar-refractivity contribution in [3.8, 4) is 0 Å². The van der Waals surface area contributed by atoms with Crippen molar-refractivity contribution in [1.29, 1.82) is 0 Å². The summed E-state index contributed by atoms with van der Waals surface area (Å²) < 4.78 is 26.8. The zero-order valence-electron chi connectivity index (χ0n) is 8.23.